The number of rotatable bonds is 5. The first-order valence-corrected chi connectivity index (χ1v) is 4.98. The third-order valence-corrected chi connectivity index (χ3v) is 2.39. The third kappa shape index (κ3) is 3.72. The van der Waals surface area contributed by atoms with E-state index in [1.54, 1.807) is 12.1 Å². The Hall–Kier alpha value is -1.35. The SMILES string of the molecule is CC(COc1ccc(C=O)cc1)N(C)C. The van der Waals surface area contributed by atoms with Crippen molar-refractivity contribution in [2.45, 2.75) is 13.0 Å². The number of hydrogen-bond donors (Lipinski definition) is 0. The van der Waals surface area contributed by atoms with Crippen LogP contribution in [0.1, 0.15) is 17.3 Å². The predicted octanol–water partition coefficient (Wildman–Crippen LogP) is 1.83. The molecule has 0 aliphatic rings. The van der Waals surface area contributed by atoms with Gasteiger partial charge in [0.15, 0.2) is 0 Å². The highest BCUT2D eigenvalue weighted by Crippen LogP contribution is 2.11. The minimum absolute atomic E-state index is 0.371. The van der Waals surface area contributed by atoms with Gasteiger partial charge in [-0.3, -0.25) is 4.79 Å². The van der Waals surface area contributed by atoms with E-state index in [1.807, 2.05) is 26.2 Å². The van der Waals surface area contributed by atoms with E-state index in [0.29, 0.717) is 18.2 Å². The lowest BCUT2D eigenvalue weighted by Gasteiger charge is -2.19. The normalized spacial score (nSPS) is 12.5. The van der Waals surface area contributed by atoms with Crippen molar-refractivity contribution in [1.29, 1.82) is 0 Å². The Morgan fingerprint density at radius 1 is 1.33 bits per heavy atom. The Bertz CT molecular complexity index is 306. The standard InChI is InChI=1S/C12H17NO2/c1-10(13(2)3)9-15-12-6-4-11(8-14)5-7-12/h4-8,10H,9H2,1-3H3. The average molecular weight is 207 g/mol. The molecule has 0 N–H and O–H groups in total. The number of carbonyl (C=O) groups is 1. The summed E-state index contributed by atoms with van der Waals surface area (Å²) in [5, 5.41) is 0. The molecule has 1 atom stereocenters. The van der Waals surface area contributed by atoms with Crippen LogP contribution in [0, 0.1) is 0 Å². The van der Waals surface area contributed by atoms with E-state index in [0.717, 1.165) is 12.0 Å². The summed E-state index contributed by atoms with van der Waals surface area (Å²) in [5.41, 5.74) is 0.669. The minimum Gasteiger partial charge on any atom is -0.492 e. The van der Waals surface area contributed by atoms with Crippen molar-refractivity contribution in [2.75, 3.05) is 20.7 Å². The molecule has 1 aromatic rings. The highest BCUT2D eigenvalue weighted by atomic mass is 16.5. The van der Waals surface area contributed by atoms with Crippen molar-refractivity contribution < 1.29 is 9.53 Å². The number of nitrogens with zero attached hydrogens (tertiary/aromatic N) is 1. The summed E-state index contributed by atoms with van der Waals surface area (Å²) in [6.45, 7) is 2.74. The zero-order valence-electron chi connectivity index (χ0n) is 9.43. The number of benzene rings is 1. The minimum atomic E-state index is 0.371. The van der Waals surface area contributed by atoms with Gasteiger partial charge >= 0.3 is 0 Å². The van der Waals surface area contributed by atoms with Crippen molar-refractivity contribution in [3.05, 3.63) is 29.8 Å². The molecule has 0 heterocycles. The van der Waals surface area contributed by atoms with Crippen LogP contribution in [0.2, 0.25) is 0 Å². The molecule has 0 fully saturated rings. The van der Waals surface area contributed by atoms with Gasteiger partial charge in [0.25, 0.3) is 0 Å². The van der Waals surface area contributed by atoms with Crippen molar-refractivity contribution in [2.24, 2.45) is 0 Å². The van der Waals surface area contributed by atoms with Gasteiger partial charge in [0.2, 0.25) is 0 Å². The molecule has 15 heavy (non-hydrogen) atoms. The summed E-state index contributed by atoms with van der Waals surface area (Å²) in [7, 11) is 4.03. The molecule has 0 aliphatic heterocycles. The lowest BCUT2D eigenvalue weighted by molar-refractivity contribution is 0.112. The summed E-state index contributed by atoms with van der Waals surface area (Å²) in [4.78, 5) is 12.5. The van der Waals surface area contributed by atoms with E-state index in [4.69, 9.17) is 4.74 Å². The fraction of sp³-hybridized carbons (Fsp3) is 0.417. The highest BCUT2D eigenvalue weighted by molar-refractivity contribution is 5.74. The van der Waals surface area contributed by atoms with Gasteiger partial charge in [0.05, 0.1) is 0 Å². The predicted molar refractivity (Wildman–Crippen MR) is 60.5 cm³/mol. The van der Waals surface area contributed by atoms with Crippen LogP contribution in [-0.2, 0) is 0 Å². The molecule has 0 bridgehead atoms. The van der Waals surface area contributed by atoms with Gasteiger partial charge in [0.1, 0.15) is 18.6 Å². The fourth-order valence-corrected chi connectivity index (χ4v) is 1.01. The van der Waals surface area contributed by atoms with Gasteiger partial charge < -0.3 is 9.64 Å². The number of likely N-dealkylation sites (N-methyl/N-ethyl adjacent to an activating group) is 1. The zero-order chi connectivity index (χ0) is 11.3. The first kappa shape index (κ1) is 11.7. The molecule has 0 aromatic heterocycles. The van der Waals surface area contributed by atoms with Gasteiger partial charge in [-0.05, 0) is 45.3 Å². The Labute approximate surface area is 90.7 Å². The van der Waals surface area contributed by atoms with Crippen molar-refractivity contribution >= 4 is 6.29 Å². The van der Waals surface area contributed by atoms with Crippen LogP contribution in [-0.4, -0.2) is 37.9 Å². The summed E-state index contributed by atoms with van der Waals surface area (Å²) in [6, 6.07) is 7.50. The Kier molecular flexibility index (Phi) is 4.31. The summed E-state index contributed by atoms with van der Waals surface area (Å²) >= 11 is 0. The van der Waals surface area contributed by atoms with E-state index >= 15 is 0 Å². The first-order chi connectivity index (χ1) is 7.13. The maximum absolute atomic E-state index is 10.4. The van der Waals surface area contributed by atoms with E-state index in [-0.39, 0.29) is 0 Å². The fourth-order valence-electron chi connectivity index (χ4n) is 1.01. The third-order valence-electron chi connectivity index (χ3n) is 2.39. The molecule has 0 saturated carbocycles. The molecule has 0 amide bonds. The summed E-state index contributed by atoms with van der Waals surface area (Å²) < 4.78 is 5.57. The highest BCUT2D eigenvalue weighted by Gasteiger charge is 2.04. The molecule has 0 saturated heterocycles. The Morgan fingerprint density at radius 3 is 2.40 bits per heavy atom. The van der Waals surface area contributed by atoms with Crippen molar-refractivity contribution in [3.8, 4) is 5.75 Å². The smallest absolute Gasteiger partial charge is 0.150 e. The van der Waals surface area contributed by atoms with Crippen LogP contribution < -0.4 is 4.74 Å². The summed E-state index contributed by atoms with van der Waals surface area (Å²) in [6.07, 6.45) is 0.826. The summed E-state index contributed by atoms with van der Waals surface area (Å²) in [5.74, 6) is 0.800. The van der Waals surface area contributed by atoms with E-state index in [2.05, 4.69) is 11.8 Å². The van der Waals surface area contributed by atoms with E-state index in [9.17, 15) is 4.79 Å². The van der Waals surface area contributed by atoms with Crippen LogP contribution >= 0.6 is 0 Å². The average Bonchev–Trinajstić information content (AvgIpc) is 2.26. The van der Waals surface area contributed by atoms with Crippen molar-refractivity contribution in [3.63, 3.8) is 0 Å². The monoisotopic (exact) mass is 207 g/mol. The molecule has 1 aromatic carbocycles. The molecule has 1 unspecified atom stereocenters. The number of hydrogen-bond acceptors (Lipinski definition) is 3. The molecular formula is C12H17NO2. The van der Waals surface area contributed by atoms with Crippen LogP contribution in [0.3, 0.4) is 0 Å². The lowest BCUT2D eigenvalue weighted by Crippen LogP contribution is -2.30. The number of ether oxygens (including phenoxy) is 1. The Morgan fingerprint density at radius 2 is 1.93 bits per heavy atom. The van der Waals surface area contributed by atoms with Gasteiger partial charge in [-0.25, -0.2) is 0 Å². The van der Waals surface area contributed by atoms with Gasteiger partial charge in [-0.15, -0.1) is 0 Å². The second-order valence-corrected chi connectivity index (χ2v) is 3.81. The van der Waals surface area contributed by atoms with Gasteiger partial charge in [-0.1, -0.05) is 0 Å². The molecule has 3 heteroatoms. The second kappa shape index (κ2) is 5.51. The maximum atomic E-state index is 10.4. The molecule has 82 valence electrons. The molecular weight excluding hydrogens is 190 g/mol. The quantitative estimate of drug-likeness (QED) is 0.690. The number of carbonyl (C=O) groups excluding carboxylic acids is 1. The van der Waals surface area contributed by atoms with Gasteiger partial charge in [0, 0.05) is 11.6 Å². The number of aldehydes is 1. The first-order valence-electron chi connectivity index (χ1n) is 4.98. The van der Waals surface area contributed by atoms with Crippen LogP contribution in [0.25, 0.3) is 0 Å². The van der Waals surface area contributed by atoms with Gasteiger partial charge in [-0.2, -0.15) is 0 Å². The molecule has 1 rings (SSSR count). The maximum Gasteiger partial charge on any atom is 0.150 e. The molecule has 0 aliphatic carbocycles. The Balaban J connectivity index is 2.47. The second-order valence-electron chi connectivity index (χ2n) is 3.81. The lowest BCUT2D eigenvalue weighted by atomic mass is 10.2. The van der Waals surface area contributed by atoms with Crippen LogP contribution in [0.5, 0.6) is 5.75 Å². The van der Waals surface area contributed by atoms with E-state index < -0.39 is 0 Å². The van der Waals surface area contributed by atoms with Crippen LogP contribution in [0.4, 0.5) is 0 Å². The topological polar surface area (TPSA) is 29.5 Å². The van der Waals surface area contributed by atoms with Crippen molar-refractivity contribution in [1.82, 2.24) is 4.90 Å². The largest absolute Gasteiger partial charge is 0.492 e. The molecule has 3 nitrogen and oxygen atoms in total. The molecule has 0 spiro atoms. The zero-order valence-corrected chi connectivity index (χ0v) is 9.43. The van der Waals surface area contributed by atoms with Crippen LogP contribution in [0.15, 0.2) is 24.3 Å². The van der Waals surface area contributed by atoms with E-state index in [1.165, 1.54) is 0 Å². The molecule has 0 radical (unpaired) electrons.